The average Bonchev–Trinajstić information content (AvgIpc) is 2.05. The molecular weight excluding hydrogens is 142 g/mol. The van der Waals surface area contributed by atoms with Gasteiger partial charge in [-0.1, -0.05) is 5.16 Å². The summed E-state index contributed by atoms with van der Waals surface area (Å²) < 4.78 is 0. The zero-order valence-corrected chi connectivity index (χ0v) is 6.44. The quantitative estimate of drug-likeness (QED) is 0.365. The van der Waals surface area contributed by atoms with E-state index in [2.05, 4.69) is 5.16 Å². The minimum Gasteiger partial charge on any atom is -0.411 e. The van der Waals surface area contributed by atoms with E-state index in [1.165, 1.54) is 0 Å². The van der Waals surface area contributed by atoms with Crippen LogP contribution in [0.15, 0.2) is 5.16 Å². The predicted octanol–water partition coefficient (Wildman–Crippen LogP) is 1.14. The molecule has 2 atom stereocenters. The Balaban J connectivity index is 4.49. The van der Waals surface area contributed by atoms with E-state index in [0.717, 1.165) is 0 Å². The molecule has 1 N–H and O–H groups in total. The maximum Gasteiger partial charge on any atom is 0.0907 e. The lowest BCUT2D eigenvalue weighted by Gasteiger charge is -2.05. The van der Waals surface area contributed by atoms with Gasteiger partial charge in [-0.05, 0) is 13.8 Å². The Hall–Kier alpha value is -1.55. The van der Waals surface area contributed by atoms with Crippen molar-refractivity contribution in [2.45, 2.75) is 13.8 Å². The van der Waals surface area contributed by atoms with Gasteiger partial charge in [0.2, 0.25) is 0 Å². The van der Waals surface area contributed by atoms with Gasteiger partial charge in [-0.25, -0.2) is 0 Å². The fourth-order valence-electron chi connectivity index (χ4n) is 0.680. The number of rotatable bonds is 2. The number of nitriles is 2. The maximum absolute atomic E-state index is 8.43. The second kappa shape index (κ2) is 4.29. The van der Waals surface area contributed by atoms with Crippen LogP contribution >= 0.6 is 0 Å². The van der Waals surface area contributed by atoms with Crippen LogP contribution < -0.4 is 0 Å². The SMILES string of the molecule is CC(C#N)C(=NO)C(C)C#N. The van der Waals surface area contributed by atoms with E-state index in [9.17, 15) is 0 Å². The van der Waals surface area contributed by atoms with Gasteiger partial charge in [0, 0.05) is 0 Å². The minimum absolute atomic E-state index is 0.218. The summed E-state index contributed by atoms with van der Waals surface area (Å²) in [5.74, 6) is -1.01. The van der Waals surface area contributed by atoms with Crippen molar-refractivity contribution in [1.29, 1.82) is 10.5 Å². The van der Waals surface area contributed by atoms with E-state index in [4.69, 9.17) is 15.7 Å². The minimum atomic E-state index is -0.505. The summed E-state index contributed by atoms with van der Waals surface area (Å²) in [6, 6.07) is 3.78. The van der Waals surface area contributed by atoms with Gasteiger partial charge in [0.15, 0.2) is 0 Å². The van der Waals surface area contributed by atoms with Crippen molar-refractivity contribution < 1.29 is 5.21 Å². The van der Waals surface area contributed by atoms with Crippen LogP contribution in [0.25, 0.3) is 0 Å². The van der Waals surface area contributed by atoms with E-state index in [0.29, 0.717) is 0 Å². The van der Waals surface area contributed by atoms with Crippen LogP contribution in [0.2, 0.25) is 0 Å². The van der Waals surface area contributed by atoms with Crippen LogP contribution in [0.1, 0.15) is 13.8 Å². The molecule has 0 aromatic carbocycles. The Morgan fingerprint density at radius 3 is 1.82 bits per heavy atom. The second-order valence-corrected chi connectivity index (χ2v) is 2.23. The molecule has 0 radical (unpaired) electrons. The summed E-state index contributed by atoms with van der Waals surface area (Å²) in [7, 11) is 0. The molecule has 0 aliphatic heterocycles. The third-order valence-corrected chi connectivity index (χ3v) is 1.39. The van der Waals surface area contributed by atoms with Gasteiger partial charge < -0.3 is 5.21 Å². The van der Waals surface area contributed by atoms with Gasteiger partial charge in [-0.2, -0.15) is 10.5 Å². The second-order valence-electron chi connectivity index (χ2n) is 2.23. The summed E-state index contributed by atoms with van der Waals surface area (Å²) in [5.41, 5.74) is 0.218. The standard InChI is InChI=1S/C7H9N3O/c1-5(3-8)7(10-11)6(2)4-9/h5-6,11H,1-2H3. The molecule has 0 spiro atoms. The molecule has 4 nitrogen and oxygen atoms in total. The summed E-state index contributed by atoms with van der Waals surface area (Å²) in [6.45, 7) is 3.17. The lowest BCUT2D eigenvalue weighted by atomic mass is 9.97. The molecule has 4 heteroatoms. The molecule has 0 saturated heterocycles. The highest BCUT2D eigenvalue weighted by molar-refractivity contribution is 5.91. The van der Waals surface area contributed by atoms with Crippen LogP contribution in [0.5, 0.6) is 0 Å². The highest BCUT2D eigenvalue weighted by Gasteiger charge is 2.17. The lowest BCUT2D eigenvalue weighted by molar-refractivity contribution is 0.314. The van der Waals surface area contributed by atoms with Crippen molar-refractivity contribution in [2.75, 3.05) is 0 Å². The van der Waals surface area contributed by atoms with Crippen molar-refractivity contribution in [3.8, 4) is 12.1 Å². The lowest BCUT2D eigenvalue weighted by Crippen LogP contribution is -2.17. The van der Waals surface area contributed by atoms with Crippen LogP contribution in [0.4, 0.5) is 0 Å². The topological polar surface area (TPSA) is 80.2 Å². The van der Waals surface area contributed by atoms with Crippen molar-refractivity contribution in [1.82, 2.24) is 0 Å². The maximum atomic E-state index is 8.43. The number of oxime groups is 1. The Morgan fingerprint density at radius 2 is 1.64 bits per heavy atom. The monoisotopic (exact) mass is 151 g/mol. The Kier molecular flexibility index (Phi) is 3.69. The molecule has 58 valence electrons. The first-order valence-electron chi connectivity index (χ1n) is 3.18. The van der Waals surface area contributed by atoms with Crippen molar-refractivity contribution in [2.24, 2.45) is 17.0 Å². The van der Waals surface area contributed by atoms with E-state index in [1.807, 2.05) is 12.1 Å². The fourth-order valence-corrected chi connectivity index (χ4v) is 0.680. The van der Waals surface area contributed by atoms with E-state index >= 15 is 0 Å². The molecule has 0 aromatic rings. The Labute approximate surface area is 65.4 Å². The van der Waals surface area contributed by atoms with Gasteiger partial charge in [0.1, 0.15) is 0 Å². The Morgan fingerprint density at radius 1 is 1.27 bits per heavy atom. The smallest absolute Gasteiger partial charge is 0.0907 e. The summed E-state index contributed by atoms with van der Waals surface area (Å²) in [5, 5.41) is 28.2. The Bertz CT molecular complexity index is 211. The number of hydrogen-bond acceptors (Lipinski definition) is 4. The first kappa shape index (κ1) is 9.45. The summed E-state index contributed by atoms with van der Waals surface area (Å²) >= 11 is 0. The van der Waals surface area contributed by atoms with Crippen LogP contribution in [-0.4, -0.2) is 10.9 Å². The van der Waals surface area contributed by atoms with Gasteiger partial charge >= 0.3 is 0 Å². The average molecular weight is 151 g/mol. The molecule has 0 rings (SSSR count). The molecule has 0 fully saturated rings. The molecule has 0 bridgehead atoms. The van der Waals surface area contributed by atoms with Gasteiger partial charge in [0.05, 0.1) is 29.7 Å². The molecule has 0 aliphatic rings. The largest absolute Gasteiger partial charge is 0.411 e. The molecule has 2 unspecified atom stereocenters. The van der Waals surface area contributed by atoms with Crippen LogP contribution in [0, 0.1) is 34.5 Å². The zero-order chi connectivity index (χ0) is 8.85. The molecule has 11 heavy (non-hydrogen) atoms. The first-order valence-corrected chi connectivity index (χ1v) is 3.18. The molecular formula is C7H9N3O. The van der Waals surface area contributed by atoms with E-state index in [1.54, 1.807) is 13.8 Å². The number of hydrogen-bond donors (Lipinski definition) is 1. The molecule has 0 amide bonds. The van der Waals surface area contributed by atoms with Crippen molar-refractivity contribution >= 4 is 5.71 Å². The molecule has 0 aromatic heterocycles. The molecule has 0 aliphatic carbocycles. The van der Waals surface area contributed by atoms with Gasteiger partial charge in [-0.3, -0.25) is 0 Å². The van der Waals surface area contributed by atoms with Gasteiger partial charge in [-0.15, -0.1) is 0 Å². The fraction of sp³-hybridized carbons (Fsp3) is 0.571. The van der Waals surface area contributed by atoms with Gasteiger partial charge in [0.25, 0.3) is 0 Å². The summed E-state index contributed by atoms with van der Waals surface area (Å²) in [6.07, 6.45) is 0. The van der Waals surface area contributed by atoms with Crippen molar-refractivity contribution in [3.63, 3.8) is 0 Å². The summed E-state index contributed by atoms with van der Waals surface area (Å²) in [4.78, 5) is 0. The number of nitrogens with zero attached hydrogens (tertiary/aromatic N) is 3. The van der Waals surface area contributed by atoms with E-state index < -0.39 is 11.8 Å². The normalized spacial score (nSPS) is 13.8. The van der Waals surface area contributed by atoms with E-state index in [-0.39, 0.29) is 5.71 Å². The highest BCUT2D eigenvalue weighted by Crippen LogP contribution is 2.06. The van der Waals surface area contributed by atoms with Crippen molar-refractivity contribution in [3.05, 3.63) is 0 Å². The first-order chi connectivity index (χ1) is 5.17. The highest BCUT2D eigenvalue weighted by atomic mass is 16.4. The van der Waals surface area contributed by atoms with Crippen LogP contribution in [-0.2, 0) is 0 Å². The van der Waals surface area contributed by atoms with Crippen LogP contribution in [0.3, 0.4) is 0 Å². The molecule has 0 saturated carbocycles. The third-order valence-electron chi connectivity index (χ3n) is 1.39. The molecule has 0 heterocycles. The zero-order valence-electron chi connectivity index (χ0n) is 6.44. The predicted molar refractivity (Wildman–Crippen MR) is 38.8 cm³/mol. The third kappa shape index (κ3) is 2.27.